The summed E-state index contributed by atoms with van der Waals surface area (Å²) in [7, 11) is 0. The number of rotatable bonds is 5. The quantitative estimate of drug-likeness (QED) is 0.663. The first kappa shape index (κ1) is 24.2. The van der Waals surface area contributed by atoms with Crippen LogP contribution in [0.3, 0.4) is 0 Å². The molecule has 2 N–H and O–H groups in total. The molecular formula is C26H35F3N6O. The van der Waals surface area contributed by atoms with Gasteiger partial charge in [0.15, 0.2) is 0 Å². The van der Waals surface area contributed by atoms with Gasteiger partial charge >= 0.3 is 6.18 Å². The number of nitrogen functional groups attached to an aromatic ring is 1. The molecule has 6 rings (SSSR count). The van der Waals surface area contributed by atoms with Gasteiger partial charge in [0.25, 0.3) is 0 Å². The molecule has 4 aliphatic rings. The van der Waals surface area contributed by atoms with Crippen molar-refractivity contribution in [1.82, 2.24) is 24.6 Å². The molecule has 7 nitrogen and oxygen atoms in total. The van der Waals surface area contributed by atoms with E-state index in [0.717, 1.165) is 57.6 Å². The topological polar surface area (TPSA) is 72.4 Å². The first-order chi connectivity index (χ1) is 17.1. The maximum atomic E-state index is 13.4. The van der Waals surface area contributed by atoms with Crippen molar-refractivity contribution >= 4 is 5.82 Å². The summed E-state index contributed by atoms with van der Waals surface area (Å²) < 4.78 is 47.6. The lowest BCUT2D eigenvalue weighted by Crippen LogP contribution is -2.58. The lowest BCUT2D eigenvalue weighted by atomic mass is 9.95. The van der Waals surface area contributed by atoms with Crippen LogP contribution < -0.4 is 5.73 Å². The molecule has 2 aliphatic heterocycles. The molecule has 4 fully saturated rings. The zero-order chi connectivity index (χ0) is 25.4. The Kier molecular flexibility index (Phi) is 5.66. The van der Waals surface area contributed by atoms with E-state index in [-0.39, 0.29) is 11.5 Å². The van der Waals surface area contributed by atoms with Gasteiger partial charge < -0.3 is 10.5 Å². The number of hydrogen-bond donors (Lipinski definition) is 1. The van der Waals surface area contributed by atoms with Crippen LogP contribution in [-0.4, -0.2) is 76.0 Å². The van der Waals surface area contributed by atoms with Gasteiger partial charge in [0.2, 0.25) is 0 Å². The first-order valence-corrected chi connectivity index (χ1v) is 13.0. The number of nitrogens with two attached hydrogens (primary N) is 1. The van der Waals surface area contributed by atoms with E-state index in [1.54, 1.807) is 0 Å². The normalized spacial score (nSPS) is 31.6. The second kappa shape index (κ2) is 8.43. The van der Waals surface area contributed by atoms with Crippen LogP contribution in [0.2, 0.25) is 0 Å². The molecule has 2 aromatic rings. The Bertz CT molecular complexity index is 1140. The molecule has 2 aliphatic carbocycles. The molecule has 4 atom stereocenters. The zero-order valence-corrected chi connectivity index (χ0v) is 21.1. The lowest BCUT2D eigenvalue weighted by Gasteiger charge is -2.44. The molecular weight excluding hydrogens is 469 g/mol. The second-order valence-corrected chi connectivity index (χ2v) is 11.6. The third-order valence-corrected chi connectivity index (χ3v) is 9.15. The summed E-state index contributed by atoms with van der Waals surface area (Å²) in [6, 6.07) is 4.39. The minimum absolute atomic E-state index is 0.113. The predicted molar refractivity (Wildman–Crippen MR) is 130 cm³/mol. The van der Waals surface area contributed by atoms with E-state index < -0.39 is 17.6 Å². The van der Waals surface area contributed by atoms with Crippen LogP contribution in [0.25, 0.3) is 11.3 Å². The highest BCUT2D eigenvalue weighted by molar-refractivity contribution is 5.63. The van der Waals surface area contributed by atoms with E-state index in [9.17, 15) is 13.2 Å². The highest BCUT2D eigenvalue weighted by atomic mass is 19.4. The largest absolute Gasteiger partial charge is 0.419 e. The smallest absolute Gasteiger partial charge is 0.383 e. The number of fused-ring (bicyclic) bond motifs is 1. The van der Waals surface area contributed by atoms with Gasteiger partial charge in [0.05, 0.1) is 30.5 Å². The van der Waals surface area contributed by atoms with Crippen LogP contribution in [0, 0.1) is 11.3 Å². The van der Waals surface area contributed by atoms with Crippen LogP contribution in [0.5, 0.6) is 0 Å². The molecule has 0 spiro atoms. The van der Waals surface area contributed by atoms with Crippen molar-refractivity contribution in [2.24, 2.45) is 11.3 Å². The van der Waals surface area contributed by atoms with E-state index in [1.165, 1.54) is 12.6 Å². The number of hydrogen-bond acceptors (Lipinski definition) is 6. The maximum Gasteiger partial charge on any atom is 0.419 e. The third kappa shape index (κ3) is 3.92. The van der Waals surface area contributed by atoms with E-state index in [4.69, 9.17) is 15.6 Å². The average molecular weight is 505 g/mol. The van der Waals surface area contributed by atoms with Gasteiger partial charge in [-0.05, 0) is 50.2 Å². The van der Waals surface area contributed by atoms with Gasteiger partial charge in [-0.25, -0.2) is 4.98 Å². The van der Waals surface area contributed by atoms with Crippen molar-refractivity contribution in [2.75, 3.05) is 45.1 Å². The number of ether oxygens (including phenoxy) is 1. The van der Waals surface area contributed by atoms with Crippen molar-refractivity contribution in [3.63, 3.8) is 0 Å². The number of anilines is 1. The fourth-order valence-corrected chi connectivity index (χ4v) is 6.99. The Morgan fingerprint density at radius 2 is 1.75 bits per heavy atom. The third-order valence-electron chi connectivity index (χ3n) is 9.15. The molecule has 2 aromatic heterocycles. The monoisotopic (exact) mass is 504 g/mol. The number of alkyl halides is 3. The summed E-state index contributed by atoms with van der Waals surface area (Å²) in [6.45, 7) is 12.7. The first-order valence-electron chi connectivity index (χ1n) is 13.0. The Hall–Kier alpha value is -2.17. The van der Waals surface area contributed by atoms with Gasteiger partial charge in [0, 0.05) is 61.6 Å². The highest BCUT2D eigenvalue weighted by Gasteiger charge is 2.67. The summed E-state index contributed by atoms with van der Waals surface area (Å²) in [4.78, 5) is 9.06. The minimum Gasteiger partial charge on any atom is -0.383 e. The molecule has 2 saturated heterocycles. The van der Waals surface area contributed by atoms with Gasteiger partial charge in [-0.15, -0.1) is 0 Å². The average Bonchev–Trinajstić information content (AvgIpc) is 3.09. The maximum absolute atomic E-state index is 13.4. The number of pyridine rings is 1. The van der Waals surface area contributed by atoms with Crippen LogP contribution in [0.15, 0.2) is 18.3 Å². The Balaban J connectivity index is 1.19. The van der Waals surface area contributed by atoms with Crippen molar-refractivity contribution in [2.45, 2.75) is 63.8 Å². The second-order valence-electron chi connectivity index (χ2n) is 11.6. The fourth-order valence-electron chi connectivity index (χ4n) is 6.99. The minimum atomic E-state index is -4.55. The van der Waals surface area contributed by atoms with E-state index in [1.807, 2.05) is 10.7 Å². The predicted octanol–water partition coefficient (Wildman–Crippen LogP) is 4.03. The van der Waals surface area contributed by atoms with Gasteiger partial charge in [-0.2, -0.15) is 18.3 Å². The van der Waals surface area contributed by atoms with Gasteiger partial charge in [-0.1, -0.05) is 6.92 Å². The number of halogens is 3. The summed E-state index contributed by atoms with van der Waals surface area (Å²) in [5.74, 6) is 0.458. The molecule has 0 aromatic carbocycles. The molecule has 196 valence electrons. The van der Waals surface area contributed by atoms with Crippen LogP contribution in [0.4, 0.5) is 19.0 Å². The highest BCUT2D eigenvalue weighted by Crippen LogP contribution is 2.73. The summed E-state index contributed by atoms with van der Waals surface area (Å²) >= 11 is 0. The van der Waals surface area contributed by atoms with Crippen molar-refractivity contribution in [3.05, 3.63) is 29.6 Å². The zero-order valence-electron chi connectivity index (χ0n) is 21.1. The molecule has 4 heterocycles. The standard InChI is InChI=1S/C26H35F3N6O/c1-15(2)35-22(10-21(32-35)16-8-20(26(27,28)29)24(30)31-12-16)23-19-9-17(11-25(19,23)3)33-4-6-34(7-5-33)18-13-36-14-18/h8,10,12,15,17-19,23H,4-7,9,11,13-14H2,1-3H3,(H2,30,31)/t17-,19-,23+,25?/m0/s1. The summed E-state index contributed by atoms with van der Waals surface area (Å²) in [5, 5.41) is 4.74. The fraction of sp³-hybridized carbons (Fsp3) is 0.692. The van der Waals surface area contributed by atoms with Crippen molar-refractivity contribution in [1.29, 1.82) is 0 Å². The number of nitrogens with zero attached hydrogens (tertiary/aromatic N) is 5. The van der Waals surface area contributed by atoms with E-state index in [2.05, 4.69) is 35.6 Å². The molecule has 0 bridgehead atoms. The van der Waals surface area contributed by atoms with E-state index in [0.29, 0.717) is 35.2 Å². The molecule has 10 heteroatoms. The lowest BCUT2D eigenvalue weighted by molar-refractivity contribution is -0.137. The number of piperazine rings is 1. The SMILES string of the molecule is CC(C)n1nc(-c2cnc(N)c(C(F)(F)F)c2)cc1[C@H]1[C@@H]2C[C@H](N3CCN(C4COC4)CC3)CC21C. The van der Waals surface area contributed by atoms with Crippen molar-refractivity contribution < 1.29 is 17.9 Å². The van der Waals surface area contributed by atoms with Crippen molar-refractivity contribution in [3.8, 4) is 11.3 Å². The Morgan fingerprint density at radius 1 is 1.08 bits per heavy atom. The van der Waals surface area contributed by atoms with Crippen LogP contribution in [-0.2, 0) is 10.9 Å². The van der Waals surface area contributed by atoms with Gasteiger partial charge in [-0.3, -0.25) is 14.5 Å². The van der Waals surface area contributed by atoms with Crippen LogP contribution in [0.1, 0.15) is 56.8 Å². The summed E-state index contributed by atoms with van der Waals surface area (Å²) in [5.41, 5.74) is 6.82. The summed E-state index contributed by atoms with van der Waals surface area (Å²) in [6.07, 6.45) is -0.824. The Labute approximate surface area is 209 Å². The Morgan fingerprint density at radius 3 is 2.28 bits per heavy atom. The molecule has 2 saturated carbocycles. The molecule has 0 radical (unpaired) electrons. The van der Waals surface area contributed by atoms with Gasteiger partial charge in [0.1, 0.15) is 5.82 Å². The molecule has 1 unspecified atom stereocenters. The molecule has 36 heavy (non-hydrogen) atoms. The number of aromatic nitrogens is 3. The van der Waals surface area contributed by atoms with E-state index >= 15 is 0 Å². The van der Waals surface area contributed by atoms with Crippen LogP contribution >= 0.6 is 0 Å². The molecule has 0 amide bonds.